The number of rotatable bonds is 3. The Morgan fingerprint density at radius 1 is 1.11 bits per heavy atom. The molecule has 3 rings (SSSR count). The first-order chi connectivity index (χ1) is 12.8. The Hall–Kier alpha value is -2.14. The highest BCUT2D eigenvalue weighted by Crippen LogP contribution is 2.46. The highest BCUT2D eigenvalue weighted by Gasteiger charge is 2.44. The van der Waals surface area contributed by atoms with Crippen LogP contribution in [0.4, 0.5) is 4.79 Å². The van der Waals surface area contributed by atoms with Crippen molar-refractivity contribution in [2.45, 2.75) is 44.1 Å². The maximum atomic E-state index is 12.4. The summed E-state index contributed by atoms with van der Waals surface area (Å²) in [5.41, 5.74) is 1.25. The summed E-state index contributed by atoms with van der Waals surface area (Å²) in [4.78, 5) is 13.4. The van der Waals surface area contributed by atoms with Gasteiger partial charge in [-0.15, -0.1) is 11.6 Å². The van der Waals surface area contributed by atoms with Gasteiger partial charge >= 0.3 is 6.09 Å². The van der Waals surface area contributed by atoms with Crippen LogP contribution < -0.4 is 0 Å². The van der Waals surface area contributed by atoms with Gasteiger partial charge in [0, 0.05) is 19.3 Å². The first-order valence-electron chi connectivity index (χ1n) is 9.31. The number of amides is 1. The number of halogens is 1. The lowest BCUT2D eigenvalue weighted by atomic mass is 9.77. The van der Waals surface area contributed by atoms with E-state index < -0.39 is 10.5 Å². The molecule has 2 aromatic rings. The lowest BCUT2D eigenvalue weighted by Crippen LogP contribution is -2.45. The van der Waals surface area contributed by atoms with E-state index in [2.05, 4.69) is 10.2 Å². The number of aromatic nitrogens is 2. The van der Waals surface area contributed by atoms with Crippen molar-refractivity contribution in [1.29, 1.82) is 0 Å². The van der Waals surface area contributed by atoms with Gasteiger partial charge in [0.2, 0.25) is 0 Å². The van der Waals surface area contributed by atoms with Crippen LogP contribution in [0.15, 0.2) is 48.7 Å². The number of nitrogens with zero attached hydrogens (tertiary/aromatic N) is 3. The minimum atomic E-state index is -0.768. The highest BCUT2D eigenvalue weighted by atomic mass is 35.5. The molecule has 1 saturated heterocycles. The van der Waals surface area contributed by atoms with Crippen LogP contribution in [-0.4, -0.2) is 39.9 Å². The van der Waals surface area contributed by atoms with Gasteiger partial charge in [0.1, 0.15) is 10.5 Å². The minimum absolute atomic E-state index is 0.136. The zero-order valence-corrected chi connectivity index (χ0v) is 16.8. The molecule has 0 radical (unpaired) electrons. The quantitative estimate of drug-likeness (QED) is 0.722. The molecule has 1 amide bonds. The van der Waals surface area contributed by atoms with Crippen molar-refractivity contribution < 1.29 is 9.53 Å². The standard InChI is InChI=1S/C21H26ClN3O2/c1-20(2,3)27-19(26)25-14-11-17(12-15-25)21(22,16-8-5-4-6-9-16)18-10-7-13-23-24-18/h4-10,13,17H,11-12,14-15H2,1-3H3. The molecule has 1 aromatic carbocycles. The fraction of sp³-hybridized carbons (Fsp3) is 0.476. The molecule has 0 aliphatic carbocycles. The molecule has 1 unspecified atom stereocenters. The molecule has 1 aliphatic heterocycles. The maximum Gasteiger partial charge on any atom is 0.410 e. The summed E-state index contributed by atoms with van der Waals surface area (Å²) < 4.78 is 5.50. The smallest absolute Gasteiger partial charge is 0.410 e. The second-order valence-corrected chi connectivity index (χ2v) is 8.52. The molecule has 0 bridgehead atoms. The molecule has 1 aliphatic rings. The fourth-order valence-corrected chi connectivity index (χ4v) is 4.00. The van der Waals surface area contributed by atoms with Crippen molar-refractivity contribution in [3.8, 4) is 0 Å². The number of carbonyl (C=O) groups is 1. The number of benzene rings is 1. The first kappa shape index (κ1) is 19.6. The molecule has 6 heteroatoms. The van der Waals surface area contributed by atoms with Gasteiger partial charge < -0.3 is 9.64 Å². The van der Waals surface area contributed by atoms with Crippen LogP contribution in [0.3, 0.4) is 0 Å². The molecule has 0 N–H and O–H groups in total. The van der Waals surface area contributed by atoms with E-state index in [9.17, 15) is 4.79 Å². The van der Waals surface area contributed by atoms with E-state index >= 15 is 0 Å². The van der Waals surface area contributed by atoms with Crippen molar-refractivity contribution in [2.75, 3.05) is 13.1 Å². The van der Waals surface area contributed by atoms with Gasteiger partial charge in [-0.05, 0) is 57.2 Å². The van der Waals surface area contributed by atoms with Gasteiger partial charge in [0.05, 0.1) is 5.69 Å². The Bertz CT molecular complexity index is 715. The lowest BCUT2D eigenvalue weighted by molar-refractivity contribution is 0.0171. The predicted molar refractivity (Wildman–Crippen MR) is 106 cm³/mol. The lowest BCUT2D eigenvalue weighted by Gasteiger charge is -2.41. The second-order valence-electron chi connectivity index (χ2n) is 7.93. The van der Waals surface area contributed by atoms with E-state index in [1.54, 1.807) is 11.1 Å². The molecule has 1 atom stereocenters. The molecular weight excluding hydrogens is 362 g/mol. The van der Waals surface area contributed by atoms with E-state index in [-0.39, 0.29) is 12.0 Å². The number of alkyl halides is 1. The summed E-state index contributed by atoms with van der Waals surface area (Å²) in [7, 11) is 0. The molecule has 2 heterocycles. The van der Waals surface area contributed by atoms with Crippen molar-refractivity contribution in [2.24, 2.45) is 5.92 Å². The van der Waals surface area contributed by atoms with E-state index in [0.717, 1.165) is 24.1 Å². The Morgan fingerprint density at radius 2 is 1.78 bits per heavy atom. The Labute approximate surface area is 165 Å². The van der Waals surface area contributed by atoms with Gasteiger partial charge in [-0.1, -0.05) is 30.3 Å². The highest BCUT2D eigenvalue weighted by molar-refractivity contribution is 6.26. The average Bonchev–Trinajstić information content (AvgIpc) is 2.67. The van der Waals surface area contributed by atoms with E-state index in [4.69, 9.17) is 16.3 Å². The Kier molecular flexibility index (Phi) is 5.70. The van der Waals surface area contributed by atoms with Crippen LogP contribution in [0.25, 0.3) is 0 Å². The van der Waals surface area contributed by atoms with Crippen LogP contribution in [0.5, 0.6) is 0 Å². The Balaban J connectivity index is 1.81. The number of likely N-dealkylation sites (tertiary alicyclic amines) is 1. The monoisotopic (exact) mass is 387 g/mol. The summed E-state index contributed by atoms with van der Waals surface area (Å²) in [5.74, 6) is 0.136. The molecule has 5 nitrogen and oxygen atoms in total. The first-order valence-corrected chi connectivity index (χ1v) is 9.69. The minimum Gasteiger partial charge on any atom is -0.444 e. The van der Waals surface area contributed by atoms with Crippen LogP contribution >= 0.6 is 11.6 Å². The third-order valence-electron chi connectivity index (χ3n) is 4.85. The molecule has 1 fully saturated rings. The van der Waals surface area contributed by atoms with Gasteiger partial charge in [0.25, 0.3) is 0 Å². The summed E-state index contributed by atoms with van der Waals surface area (Å²) in [6.45, 7) is 6.86. The number of carbonyl (C=O) groups excluding carboxylic acids is 1. The van der Waals surface area contributed by atoms with E-state index in [1.807, 2.05) is 63.2 Å². The predicted octanol–water partition coefficient (Wildman–Crippen LogP) is 4.61. The molecule has 0 saturated carbocycles. The van der Waals surface area contributed by atoms with Crippen LogP contribution in [0, 0.1) is 5.92 Å². The number of hydrogen-bond acceptors (Lipinski definition) is 4. The second kappa shape index (κ2) is 7.85. The SMILES string of the molecule is CC(C)(C)OC(=O)N1CCC(C(Cl)(c2ccccc2)c2cccnn2)CC1. The Morgan fingerprint density at radius 3 is 2.33 bits per heavy atom. The zero-order valence-electron chi connectivity index (χ0n) is 16.1. The third kappa shape index (κ3) is 4.41. The van der Waals surface area contributed by atoms with Crippen LogP contribution in [0.2, 0.25) is 0 Å². The number of ether oxygens (including phenoxy) is 1. The van der Waals surface area contributed by atoms with Gasteiger partial charge in [-0.3, -0.25) is 0 Å². The van der Waals surface area contributed by atoms with Crippen LogP contribution in [0.1, 0.15) is 44.9 Å². The number of hydrogen-bond donors (Lipinski definition) is 0. The molecule has 144 valence electrons. The van der Waals surface area contributed by atoms with Gasteiger partial charge in [-0.25, -0.2) is 4.79 Å². The summed E-state index contributed by atoms with van der Waals surface area (Å²) in [6.07, 6.45) is 2.93. The summed E-state index contributed by atoms with van der Waals surface area (Å²) >= 11 is 7.27. The third-order valence-corrected chi connectivity index (χ3v) is 5.57. The molecule has 0 spiro atoms. The number of piperidine rings is 1. The van der Waals surface area contributed by atoms with Gasteiger partial charge in [-0.2, -0.15) is 10.2 Å². The largest absolute Gasteiger partial charge is 0.444 e. The zero-order chi connectivity index (χ0) is 19.5. The normalized spacial score (nSPS) is 18.0. The van der Waals surface area contributed by atoms with E-state index in [0.29, 0.717) is 13.1 Å². The topological polar surface area (TPSA) is 55.3 Å². The van der Waals surface area contributed by atoms with E-state index in [1.165, 1.54) is 0 Å². The van der Waals surface area contributed by atoms with Crippen molar-refractivity contribution in [3.63, 3.8) is 0 Å². The summed E-state index contributed by atoms with van der Waals surface area (Å²) in [6, 6.07) is 13.8. The maximum absolute atomic E-state index is 12.4. The molecule has 27 heavy (non-hydrogen) atoms. The van der Waals surface area contributed by atoms with Crippen molar-refractivity contribution in [3.05, 3.63) is 59.9 Å². The molecule has 1 aromatic heterocycles. The van der Waals surface area contributed by atoms with Crippen molar-refractivity contribution in [1.82, 2.24) is 15.1 Å². The van der Waals surface area contributed by atoms with Gasteiger partial charge in [0.15, 0.2) is 0 Å². The summed E-state index contributed by atoms with van der Waals surface area (Å²) in [5, 5.41) is 8.35. The van der Waals surface area contributed by atoms with Crippen LogP contribution in [-0.2, 0) is 9.61 Å². The molecular formula is C21H26ClN3O2. The van der Waals surface area contributed by atoms with Crippen molar-refractivity contribution >= 4 is 17.7 Å². The average molecular weight is 388 g/mol. The fourth-order valence-electron chi connectivity index (χ4n) is 3.56.